The first-order valence-electron chi connectivity index (χ1n) is 9.78. The Kier molecular flexibility index (Phi) is 6.05. The molecule has 0 saturated heterocycles. The molecule has 1 heterocycles. The van der Waals surface area contributed by atoms with Crippen LogP contribution in [0.4, 0.5) is 0 Å². The van der Waals surface area contributed by atoms with Crippen LogP contribution in [0.1, 0.15) is 25.3 Å². The molecule has 0 aliphatic rings. The largest absolute Gasteiger partial charge is 0.493 e. The SMILES string of the molecule is CCCCOc1ccc2ccccc2c1/C=C(\Sc1nc2ccccc2o1)C(=O)O. The van der Waals surface area contributed by atoms with Crippen LogP contribution in [0, 0.1) is 0 Å². The lowest BCUT2D eigenvalue weighted by atomic mass is 10.0. The maximum Gasteiger partial charge on any atom is 0.342 e. The molecule has 0 spiro atoms. The fourth-order valence-electron chi connectivity index (χ4n) is 3.13. The molecule has 3 aromatic carbocycles. The first-order valence-corrected chi connectivity index (χ1v) is 10.6. The Balaban J connectivity index is 1.76. The van der Waals surface area contributed by atoms with E-state index in [1.165, 1.54) is 0 Å². The molecular formula is C24H21NO4S. The van der Waals surface area contributed by atoms with Crippen LogP contribution in [0.5, 0.6) is 5.75 Å². The minimum Gasteiger partial charge on any atom is -0.493 e. The predicted molar refractivity (Wildman–Crippen MR) is 120 cm³/mol. The number of ether oxygens (including phenoxy) is 1. The van der Waals surface area contributed by atoms with Gasteiger partial charge in [0.15, 0.2) is 5.58 Å². The number of hydrogen-bond donors (Lipinski definition) is 1. The summed E-state index contributed by atoms with van der Waals surface area (Å²) in [6.45, 7) is 2.68. The van der Waals surface area contributed by atoms with Gasteiger partial charge >= 0.3 is 5.97 Å². The van der Waals surface area contributed by atoms with Gasteiger partial charge in [0, 0.05) is 5.56 Å². The topological polar surface area (TPSA) is 72.6 Å². The van der Waals surface area contributed by atoms with Gasteiger partial charge in [0.05, 0.1) is 6.61 Å². The van der Waals surface area contributed by atoms with Crippen LogP contribution in [0.2, 0.25) is 0 Å². The number of carbonyl (C=O) groups is 1. The predicted octanol–water partition coefficient (Wildman–Crippen LogP) is 6.38. The molecule has 6 heteroatoms. The maximum atomic E-state index is 12.0. The molecule has 0 unspecified atom stereocenters. The van der Waals surface area contributed by atoms with Crippen LogP contribution in [-0.2, 0) is 4.79 Å². The molecule has 0 saturated carbocycles. The fourth-order valence-corrected chi connectivity index (χ4v) is 3.86. The van der Waals surface area contributed by atoms with Gasteiger partial charge in [-0.15, -0.1) is 0 Å². The quantitative estimate of drug-likeness (QED) is 0.203. The Morgan fingerprint density at radius 3 is 2.73 bits per heavy atom. The Morgan fingerprint density at radius 2 is 1.93 bits per heavy atom. The van der Waals surface area contributed by atoms with E-state index < -0.39 is 5.97 Å². The number of hydrogen-bond acceptors (Lipinski definition) is 5. The molecule has 0 aliphatic carbocycles. The number of aliphatic carboxylic acids is 1. The van der Waals surface area contributed by atoms with E-state index in [2.05, 4.69) is 11.9 Å². The van der Waals surface area contributed by atoms with Crippen LogP contribution in [-0.4, -0.2) is 22.7 Å². The van der Waals surface area contributed by atoms with Crippen molar-refractivity contribution in [2.75, 3.05) is 6.61 Å². The van der Waals surface area contributed by atoms with E-state index in [-0.39, 0.29) is 4.91 Å². The van der Waals surface area contributed by atoms with Crippen molar-refractivity contribution in [2.24, 2.45) is 0 Å². The van der Waals surface area contributed by atoms with Gasteiger partial charge in [-0.1, -0.05) is 55.8 Å². The van der Waals surface area contributed by atoms with E-state index in [1.807, 2.05) is 54.6 Å². The first kappa shape index (κ1) is 20.0. The number of unbranched alkanes of at least 4 members (excludes halogenated alkanes) is 1. The minimum absolute atomic E-state index is 0.109. The number of rotatable bonds is 8. The van der Waals surface area contributed by atoms with E-state index in [0.29, 0.717) is 28.7 Å². The molecule has 30 heavy (non-hydrogen) atoms. The van der Waals surface area contributed by atoms with Crippen molar-refractivity contribution >= 4 is 45.7 Å². The molecular weight excluding hydrogens is 398 g/mol. The second-order valence-electron chi connectivity index (χ2n) is 6.76. The summed E-state index contributed by atoms with van der Waals surface area (Å²) < 4.78 is 11.7. The van der Waals surface area contributed by atoms with Crippen LogP contribution in [0.3, 0.4) is 0 Å². The van der Waals surface area contributed by atoms with Crippen molar-refractivity contribution in [3.63, 3.8) is 0 Å². The molecule has 4 aromatic rings. The fraction of sp³-hybridized carbons (Fsp3) is 0.167. The minimum atomic E-state index is -1.05. The molecule has 0 amide bonds. The van der Waals surface area contributed by atoms with E-state index in [1.54, 1.807) is 12.1 Å². The maximum absolute atomic E-state index is 12.0. The smallest absolute Gasteiger partial charge is 0.342 e. The molecule has 5 nitrogen and oxygen atoms in total. The summed E-state index contributed by atoms with van der Waals surface area (Å²) in [5, 5.41) is 12.1. The van der Waals surface area contributed by atoms with E-state index in [9.17, 15) is 9.90 Å². The van der Waals surface area contributed by atoms with E-state index in [0.717, 1.165) is 40.9 Å². The first-order chi connectivity index (χ1) is 14.7. The summed E-state index contributed by atoms with van der Waals surface area (Å²) in [6.07, 6.45) is 3.59. The second-order valence-corrected chi connectivity index (χ2v) is 7.76. The van der Waals surface area contributed by atoms with Crippen LogP contribution in [0.25, 0.3) is 27.9 Å². The standard InChI is InChI=1S/C24H21NO4S/c1-2-3-14-28-20-13-12-16-8-4-5-9-17(16)18(20)15-22(23(26)27)30-24-25-19-10-6-7-11-21(19)29-24/h4-13,15H,2-3,14H2,1H3,(H,26,27)/b22-15-. The zero-order chi connectivity index (χ0) is 20.9. The van der Waals surface area contributed by atoms with Crippen LogP contribution < -0.4 is 4.74 Å². The van der Waals surface area contributed by atoms with Gasteiger partial charge < -0.3 is 14.3 Å². The number of fused-ring (bicyclic) bond motifs is 2. The van der Waals surface area contributed by atoms with Crippen molar-refractivity contribution in [1.82, 2.24) is 4.98 Å². The zero-order valence-corrected chi connectivity index (χ0v) is 17.3. The highest BCUT2D eigenvalue weighted by atomic mass is 32.2. The Hall–Kier alpha value is -3.25. The number of benzene rings is 3. The van der Waals surface area contributed by atoms with E-state index in [4.69, 9.17) is 9.15 Å². The number of aromatic nitrogens is 1. The third kappa shape index (κ3) is 4.33. The average Bonchev–Trinajstić information content (AvgIpc) is 3.17. The van der Waals surface area contributed by atoms with Gasteiger partial charge in [-0.25, -0.2) is 9.78 Å². The summed E-state index contributed by atoms with van der Waals surface area (Å²) in [4.78, 5) is 16.5. The summed E-state index contributed by atoms with van der Waals surface area (Å²) in [6, 6.07) is 19.1. The number of para-hydroxylation sites is 2. The zero-order valence-electron chi connectivity index (χ0n) is 16.5. The lowest BCUT2D eigenvalue weighted by Gasteiger charge is -2.12. The number of nitrogens with zero attached hydrogens (tertiary/aromatic N) is 1. The third-order valence-electron chi connectivity index (χ3n) is 4.64. The summed E-state index contributed by atoms with van der Waals surface area (Å²) in [5.41, 5.74) is 2.06. The summed E-state index contributed by atoms with van der Waals surface area (Å²) in [5.74, 6) is -0.381. The normalized spacial score (nSPS) is 11.8. The van der Waals surface area contributed by atoms with Crippen LogP contribution in [0.15, 0.2) is 75.2 Å². The van der Waals surface area contributed by atoms with Gasteiger partial charge in [-0.05, 0) is 53.2 Å². The molecule has 0 fully saturated rings. The summed E-state index contributed by atoms with van der Waals surface area (Å²) in [7, 11) is 0. The van der Waals surface area contributed by atoms with Crippen molar-refractivity contribution in [3.05, 3.63) is 71.1 Å². The number of carboxylic acids is 1. The highest BCUT2D eigenvalue weighted by Gasteiger charge is 2.17. The monoisotopic (exact) mass is 419 g/mol. The highest BCUT2D eigenvalue weighted by Crippen LogP contribution is 2.35. The van der Waals surface area contributed by atoms with Crippen molar-refractivity contribution in [2.45, 2.75) is 25.0 Å². The summed E-state index contributed by atoms with van der Waals surface area (Å²) >= 11 is 0.991. The highest BCUT2D eigenvalue weighted by molar-refractivity contribution is 8.03. The lowest BCUT2D eigenvalue weighted by molar-refractivity contribution is -0.131. The molecule has 0 atom stereocenters. The van der Waals surface area contributed by atoms with Gasteiger partial charge in [0.1, 0.15) is 16.2 Å². The van der Waals surface area contributed by atoms with Crippen molar-refractivity contribution in [1.29, 1.82) is 0 Å². The van der Waals surface area contributed by atoms with Crippen molar-refractivity contribution < 1.29 is 19.1 Å². The Morgan fingerprint density at radius 1 is 1.13 bits per heavy atom. The van der Waals surface area contributed by atoms with Gasteiger partial charge in [0.2, 0.25) is 0 Å². The molecule has 1 N–H and O–H groups in total. The molecule has 1 aromatic heterocycles. The average molecular weight is 420 g/mol. The Bertz CT molecular complexity index is 1200. The molecule has 0 bridgehead atoms. The van der Waals surface area contributed by atoms with Gasteiger partial charge in [-0.2, -0.15) is 0 Å². The number of carboxylic acid groups (broad SMARTS) is 1. The number of thioether (sulfide) groups is 1. The van der Waals surface area contributed by atoms with Crippen molar-refractivity contribution in [3.8, 4) is 5.75 Å². The molecule has 152 valence electrons. The number of oxazole rings is 1. The van der Waals surface area contributed by atoms with E-state index >= 15 is 0 Å². The molecule has 0 aliphatic heterocycles. The third-order valence-corrected chi connectivity index (χ3v) is 5.51. The van der Waals surface area contributed by atoms with Crippen LogP contribution >= 0.6 is 11.8 Å². The lowest BCUT2D eigenvalue weighted by Crippen LogP contribution is -2.01. The molecule has 0 radical (unpaired) electrons. The van der Waals surface area contributed by atoms with Gasteiger partial charge in [-0.3, -0.25) is 0 Å². The van der Waals surface area contributed by atoms with Gasteiger partial charge in [0.25, 0.3) is 5.22 Å². The Labute approximate surface area is 178 Å². The second kappa shape index (κ2) is 9.05. The molecule has 4 rings (SSSR count).